The molecular formula is C16H26N4O4. The average Bonchev–Trinajstić information content (AvgIpc) is 3.21. The van der Waals surface area contributed by atoms with Crippen LogP contribution in [0.1, 0.15) is 69.2 Å². The molecule has 24 heavy (non-hydrogen) atoms. The summed E-state index contributed by atoms with van der Waals surface area (Å²) in [4.78, 5) is 26.2. The number of rotatable bonds is 7. The highest BCUT2D eigenvalue weighted by Gasteiger charge is 2.36. The van der Waals surface area contributed by atoms with Gasteiger partial charge in [-0.2, -0.15) is 10.3 Å². The third kappa shape index (κ3) is 4.11. The molecule has 1 aliphatic heterocycles. The lowest BCUT2D eigenvalue weighted by Crippen LogP contribution is -2.37. The Morgan fingerprint density at radius 3 is 2.75 bits per heavy atom. The first kappa shape index (κ1) is 18.4. The molecule has 134 valence electrons. The van der Waals surface area contributed by atoms with Crippen LogP contribution in [-0.2, 0) is 14.3 Å². The third-order valence-electron chi connectivity index (χ3n) is 4.37. The van der Waals surface area contributed by atoms with Crippen LogP contribution >= 0.6 is 0 Å². The molecule has 0 spiro atoms. The zero-order valence-electron chi connectivity index (χ0n) is 14.8. The Balaban J connectivity index is 2.09. The zero-order valence-corrected chi connectivity index (χ0v) is 14.8. The Morgan fingerprint density at radius 2 is 2.08 bits per heavy atom. The number of nitrogens with zero attached hydrogens (tertiary/aromatic N) is 3. The molecule has 1 fully saturated rings. The molecule has 1 unspecified atom stereocenters. The summed E-state index contributed by atoms with van der Waals surface area (Å²) in [5.41, 5.74) is 0.278. The highest BCUT2D eigenvalue weighted by Crippen LogP contribution is 2.32. The van der Waals surface area contributed by atoms with E-state index in [1.54, 1.807) is 11.8 Å². The summed E-state index contributed by atoms with van der Waals surface area (Å²) in [6, 6.07) is -0.274. The number of aromatic amines is 1. The summed E-state index contributed by atoms with van der Waals surface area (Å²) < 4.78 is 10.7. The molecule has 0 aromatic carbocycles. The fourth-order valence-electron chi connectivity index (χ4n) is 2.61. The molecule has 0 aliphatic carbocycles. The Kier molecular flexibility index (Phi) is 5.93. The van der Waals surface area contributed by atoms with Gasteiger partial charge in [0.2, 0.25) is 5.91 Å². The molecular weight excluding hydrogens is 312 g/mol. The normalized spacial score (nSPS) is 18.0. The van der Waals surface area contributed by atoms with Gasteiger partial charge in [-0.25, -0.2) is 4.79 Å². The van der Waals surface area contributed by atoms with Crippen molar-refractivity contribution in [2.75, 3.05) is 19.8 Å². The Hall–Kier alpha value is -1.96. The monoisotopic (exact) mass is 338 g/mol. The number of esters is 1. The summed E-state index contributed by atoms with van der Waals surface area (Å²) in [5.74, 6) is -0.624. The number of H-pyrrole nitrogens is 1. The fourth-order valence-corrected chi connectivity index (χ4v) is 2.61. The lowest BCUT2D eigenvalue weighted by molar-refractivity contribution is -0.143. The Labute approximate surface area is 141 Å². The smallest absolute Gasteiger partial charge is 0.360 e. The van der Waals surface area contributed by atoms with Gasteiger partial charge in [0.1, 0.15) is 12.3 Å². The molecule has 1 N–H and O–H groups in total. The first-order chi connectivity index (χ1) is 11.4. The van der Waals surface area contributed by atoms with Gasteiger partial charge in [0.25, 0.3) is 0 Å². The van der Waals surface area contributed by atoms with E-state index in [9.17, 15) is 9.59 Å². The molecule has 0 saturated carbocycles. The van der Waals surface area contributed by atoms with Crippen molar-refractivity contribution in [1.29, 1.82) is 0 Å². The van der Waals surface area contributed by atoms with Crippen LogP contribution in [0.3, 0.4) is 0 Å². The van der Waals surface area contributed by atoms with E-state index < -0.39 is 5.97 Å². The lowest BCUT2D eigenvalue weighted by Gasteiger charge is -2.27. The van der Waals surface area contributed by atoms with Crippen molar-refractivity contribution >= 4 is 11.9 Å². The topological polar surface area (TPSA) is 97.4 Å². The van der Waals surface area contributed by atoms with E-state index in [-0.39, 0.29) is 36.5 Å². The Bertz CT molecular complexity index is 584. The summed E-state index contributed by atoms with van der Waals surface area (Å²) in [6.07, 6.45) is 2.41. The van der Waals surface area contributed by atoms with Gasteiger partial charge in [-0.15, -0.1) is 5.10 Å². The second kappa shape index (κ2) is 7.74. The maximum absolute atomic E-state index is 12.5. The molecule has 1 aromatic heterocycles. The number of nitrogens with one attached hydrogen (secondary N) is 1. The van der Waals surface area contributed by atoms with E-state index in [2.05, 4.69) is 15.4 Å². The van der Waals surface area contributed by atoms with Gasteiger partial charge in [-0.1, -0.05) is 6.92 Å². The van der Waals surface area contributed by atoms with E-state index in [4.69, 9.17) is 9.47 Å². The van der Waals surface area contributed by atoms with Crippen molar-refractivity contribution in [3.63, 3.8) is 0 Å². The molecule has 1 atom stereocenters. The molecule has 1 saturated heterocycles. The SMILES string of the molecule is CCOC(=O)c1n[nH]nc1C1CCCN1C(=O)COC(C)(C)CC. The van der Waals surface area contributed by atoms with Gasteiger partial charge >= 0.3 is 5.97 Å². The van der Waals surface area contributed by atoms with Gasteiger partial charge in [0, 0.05) is 6.54 Å². The first-order valence-electron chi connectivity index (χ1n) is 8.40. The van der Waals surface area contributed by atoms with Crippen LogP contribution in [-0.4, -0.2) is 57.5 Å². The van der Waals surface area contributed by atoms with Gasteiger partial charge < -0.3 is 14.4 Å². The predicted molar refractivity (Wildman–Crippen MR) is 86.3 cm³/mol. The van der Waals surface area contributed by atoms with Crippen LogP contribution < -0.4 is 0 Å². The van der Waals surface area contributed by atoms with E-state index in [1.165, 1.54) is 0 Å². The highest BCUT2D eigenvalue weighted by molar-refractivity contribution is 5.88. The number of aromatic nitrogens is 3. The molecule has 2 heterocycles. The molecule has 0 bridgehead atoms. The molecule has 2 rings (SSSR count). The van der Waals surface area contributed by atoms with Crippen LogP contribution in [0.2, 0.25) is 0 Å². The summed E-state index contributed by atoms with van der Waals surface area (Å²) in [6.45, 7) is 8.56. The largest absolute Gasteiger partial charge is 0.461 e. The number of hydrogen-bond acceptors (Lipinski definition) is 6. The van der Waals surface area contributed by atoms with Gasteiger partial charge in [0.05, 0.1) is 18.2 Å². The third-order valence-corrected chi connectivity index (χ3v) is 4.37. The maximum Gasteiger partial charge on any atom is 0.360 e. The van der Waals surface area contributed by atoms with Crippen molar-refractivity contribution in [2.24, 2.45) is 0 Å². The highest BCUT2D eigenvalue weighted by atomic mass is 16.5. The van der Waals surface area contributed by atoms with Crippen molar-refractivity contribution in [3.8, 4) is 0 Å². The van der Waals surface area contributed by atoms with Crippen molar-refractivity contribution in [2.45, 2.75) is 58.6 Å². The number of hydrogen-bond donors (Lipinski definition) is 1. The van der Waals surface area contributed by atoms with E-state index in [0.29, 0.717) is 12.2 Å². The molecule has 8 nitrogen and oxygen atoms in total. The van der Waals surface area contributed by atoms with Crippen molar-refractivity contribution in [1.82, 2.24) is 20.3 Å². The van der Waals surface area contributed by atoms with Crippen LogP contribution in [0, 0.1) is 0 Å². The lowest BCUT2D eigenvalue weighted by atomic mass is 10.1. The number of carbonyl (C=O) groups excluding carboxylic acids is 2. The summed E-state index contributed by atoms with van der Waals surface area (Å²) in [7, 11) is 0. The molecule has 1 aliphatic rings. The van der Waals surface area contributed by atoms with Crippen molar-refractivity contribution < 1.29 is 19.1 Å². The van der Waals surface area contributed by atoms with Gasteiger partial charge in [0.15, 0.2) is 5.69 Å². The minimum atomic E-state index is -0.524. The fraction of sp³-hybridized carbons (Fsp3) is 0.750. The molecule has 8 heteroatoms. The number of ether oxygens (including phenoxy) is 2. The predicted octanol–water partition coefficient (Wildman–Crippen LogP) is 1.85. The minimum Gasteiger partial charge on any atom is -0.461 e. The number of carbonyl (C=O) groups is 2. The summed E-state index contributed by atoms with van der Waals surface area (Å²) >= 11 is 0. The van der Waals surface area contributed by atoms with Crippen molar-refractivity contribution in [3.05, 3.63) is 11.4 Å². The van der Waals surface area contributed by atoms with Crippen LogP contribution in [0.25, 0.3) is 0 Å². The van der Waals surface area contributed by atoms with E-state index in [0.717, 1.165) is 19.3 Å². The van der Waals surface area contributed by atoms with E-state index in [1.807, 2.05) is 20.8 Å². The minimum absolute atomic E-state index is 0.0178. The quantitative estimate of drug-likeness (QED) is 0.762. The summed E-state index contributed by atoms with van der Waals surface area (Å²) in [5, 5.41) is 10.4. The Morgan fingerprint density at radius 1 is 1.33 bits per heavy atom. The van der Waals surface area contributed by atoms with Gasteiger partial charge in [-0.05, 0) is 40.0 Å². The van der Waals surface area contributed by atoms with Crippen LogP contribution in [0.5, 0.6) is 0 Å². The average molecular weight is 338 g/mol. The van der Waals surface area contributed by atoms with Gasteiger partial charge in [-0.3, -0.25) is 4.79 Å². The second-order valence-electron chi connectivity index (χ2n) is 6.43. The first-order valence-corrected chi connectivity index (χ1v) is 8.40. The zero-order chi connectivity index (χ0) is 17.7. The molecule has 1 aromatic rings. The number of amides is 1. The maximum atomic E-state index is 12.5. The standard InChI is InChI=1S/C16H26N4O4/c1-5-16(3,4)24-10-12(21)20-9-7-8-11(20)13-14(18-19-17-13)15(22)23-6-2/h11H,5-10H2,1-4H3,(H,17,18,19). The molecule has 0 radical (unpaired) electrons. The second-order valence-corrected chi connectivity index (χ2v) is 6.43. The van der Waals surface area contributed by atoms with Crippen LogP contribution in [0.4, 0.5) is 0 Å². The number of likely N-dealkylation sites (tertiary alicyclic amines) is 1. The molecule has 1 amide bonds. The van der Waals surface area contributed by atoms with Crippen LogP contribution in [0.15, 0.2) is 0 Å². The van der Waals surface area contributed by atoms with E-state index >= 15 is 0 Å².